The predicted molar refractivity (Wildman–Crippen MR) is 231 cm³/mol. The number of imidazole rings is 1. The van der Waals surface area contributed by atoms with Gasteiger partial charge in [-0.2, -0.15) is 0 Å². The summed E-state index contributed by atoms with van der Waals surface area (Å²) in [6.45, 7) is 17.6. The summed E-state index contributed by atoms with van der Waals surface area (Å²) in [7, 11) is 0. The number of hydrogen-bond acceptors (Lipinski definition) is 3. The molecular weight excluding hydrogens is 671 g/mol. The number of pyridine rings is 1. The molecule has 0 atom stereocenters. The van der Waals surface area contributed by atoms with Gasteiger partial charge in [-0.1, -0.05) is 152 Å². The minimum atomic E-state index is -0.297. The van der Waals surface area contributed by atoms with E-state index in [1.807, 2.05) is 12.3 Å². The smallest absolute Gasteiger partial charge is 0.149 e. The van der Waals surface area contributed by atoms with Crippen molar-refractivity contribution in [3.8, 4) is 56.3 Å². The highest BCUT2D eigenvalue weighted by molar-refractivity contribution is 5.98. The van der Waals surface area contributed by atoms with Gasteiger partial charge >= 0.3 is 0 Å². The number of nitrogens with zero attached hydrogens (tertiary/aromatic N) is 3. The summed E-state index contributed by atoms with van der Waals surface area (Å²) in [4.78, 5) is 10.5. The monoisotopic (exact) mass is 719 g/mol. The molecule has 0 amide bonds. The molecule has 0 saturated heterocycles. The Morgan fingerprint density at radius 1 is 0.582 bits per heavy atom. The van der Waals surface area contributed by atoms with Crippen LogP contribution in [-0.2, 0) is 10.8 Å². The van der Waals surface area contributed by atoms with Crippen LogP contribution in [0.3, 0.4) is 0 Å². The molecule has 0 aliphatic rings. The van der Waals surface area contributed by atoms with E-state index in [1.54, 1.807) is 0 Å². The van der Waals surface area contributed by atoms with Gasteiger partial charge in [0.1, 0.15) is 11.6 Å². The summed E-state index contributed by atoms with van der Waals surface area (Å²) >= 11 is 0. The zero-order valence-electron chi connectivity index (χ0n) is 33.1. The van der Waals surface area contributed by atoms with Crippen molar-refractivity contribution in [2.75, 3.05) is 0 Å². The Bertz CT molecular complexity index is 2710. The molecule has 8 rings (SSSR count). The Morgan fingerprint density at radius 2 is 1.25 bits per heavy atom. The molecule has 1 N–H and O–H groups in total. The van der Waals surface area contributed by atoms with Crippen molar-refractivity contribution < 1.29 is 5.11 Å². The fourth-order valence-corrected chi connectivity index (χ4v) is 7.63. The second kappa shape index (κ2) is 13.7. The molecule has 0 bridgehead atoms. The van der Waals surface area contributed by atoms with Crippen molar-refractivity contribution in [1.29, 1.82) is 0 Å². The van der Waals surface area contributed by atoms with Crippen LogP contribution in [0.5, 0.6) is 5.75 Å². The largest absolute Gasteiger partial charge is 0.507 e. The molecule has 55 heavy (non-hydrogen) atoms. The maximum absolute atomic E-state index is 12.3. The summed E-state index contributed by atoms with van der Waals surface area (Å²) < 4.78 is 2.26. The lowest BCUT2D eigenvalue weighted by molar-refractivity contribution is 0.446. The lowest BCUT2D eigenvalue weighted by Crippen LogP contribution is -2.17. The minimum absolute atomic E-state index is 0.156. The van der Waals surface area contributed by atoms with Crippen molar-refractivity contribution in [3.05, 3.63) is 156 Å². The Morgan fingerprint density at radius 3 is 1.98 bits per heavy atom. The van der Waals surface area contributed by atoms with E-state index in [0.717, 1.165) is 72.3 Å². The number of aromatic nitrogens is 3. The Hall–Kier alpha value is -6.00. The van der Waals surface area contributed by atoms with Crippen molar-refractivity contribution in [2.24, 2.45) is 0 Å². The van der Waals surface area contributed by atoms with Gasteiger partial charge in [-0.05, 0) is 80.8 Å². The standard InChI is InChI=1S/C51H49N3O/c1-32(2)36-25-37(27-38(26-36)44-28-34-19-12-13-20-35(34)31-52-44)41-22-16-24-46-47(41)53-49(42-29-39(50(3,4)5)30-43(48(42)55)51(6,7)8)54(46)45-23-15-14-21-40(45)33-17-10-9-11-18-33/h9-32,55H,1-8H3. The lowest BCUT2D eigenvalue weighted by Gasteiger charge is -2.27. The molecule has 0 aliphatic heterocycles. The molecule has 0 fully saturated rings. The molecule has 6 aromatic carbocycles. The fraction of sp³-hybridized carbons (Fsp3) is 0.216. The molecule has 274 valence electrons. The van der Waals surface area contributed by atoms with E-state index in [4.69, 9.17) is 9.97 Å². The number of benzene rings is 6. The average molecular weight is 720 g/mol. The Kier molecular flexibility index (Phi) is 8.96. The third-order valence-electron chi connectivity index (χ3n) is 10.8. The molecule has 0 saturated carbocycles. The summed E-state index contributed by atoms with van der Waals surface area (Å²) in [5.41, 5.74) is 12.7. The SMILES string of the molecule is CC(C)c1cc(-c2cc3ccccc3cn2)cc(-c2cccc3c2nc(-c2cc(C(C)(C)C)cc(C(C)(C)C)c2O)n3-c2ccccc2-c2ccccc2)c1. The number of phenolic OH excluding ortho intramolecular Hbond substituents is 1. The normalized spacial score (nSPS) is 12.2. The molecule has 0 aliphatic carbocycles. The molecule has 8 aromatic rings. The van der Waals surface area contributed by atoms with Gasteiger partial charge in [0.25, 0.3) is 0 Å². The summed E-state index contributed by atoms with van der Waals surface area (Å²) in [5, 5.41) is 14.6. The van der Waals surface area contributed by atoms with E-state index in [0.29, 0.717) is 11.7 Å². The molecule has 4 heteroatoms. The first-order valence-electron chi connectivity index (χ1n) is 19.3. The first-order valence-corrected chi connectivity index (χ1v) is 19.3. The maximum atomic E-state index is 12.3. The predicted octanol–water partition coefficient (Wildman–Crippen LogP) is 13.7. The number of fused-ring (bicyclic) bond motifs is 2. The minimum Gasteiger partial charge on any atom is -0.507 e. The van der Waals surface area contributed by atoms with Crippen LogP contribution in [0, 0.1) is 0 Å². The molecule has 2 aromatic heterocycles. The highest BCUT2D eigenvalue weighted by Gasteiger charge is 2.29. The summed E-state index contributed by atoms with van der Waals surface area (Å²) in [6.07, 6.45) is 1.97. The van der Waals surface area contributed by atoms with Gasteiger partial charge in [-0.25, -0.2) is 4.98 Å². The zero-order chi connectivity index (χ0) is 38.6. The number of para-hydroxylation sites is 2. The molecule has 0 radical (unpaired) electrons. The van der Waals surface area contributed by atoms with Crippen molar-refractivity contribution in [2.45, 2.75) is 72.1 Å². The highest BCUT2D eigenvalue weighted by Crippen LogP contribution is 2.45. The lowest BCUT2D eigenvalue weighted by atomic mass is 9.79. The third-order valence-corrected chi connectivity index (χ3v) is 10.8. The van der Waals surface area contributed by atoms with Crippen LogP contribution in [0.4, 0.5) is 0 Å². The van der Waals surface area contributed by atoms with Crippen molar-refractivity contribution in [3.63, 3.8) is 0 Å². The molecular formula is C51H49N3O. The van der Waals surface area contributed by atoms with E-state index in [-0.39, 0.29) is 16.6 Å². The molecule has 0 unspecified atom stereocenters. The molecule has 0 spiro atoms. The summed E-state index contributed by atoms with van der Waals surface area (Å²) in [6, 6.07) is 47.2. The van der Waals surface area contributed by atoms with E-state index in [9.17, 15) is 5.11 Å². The van der Waals surface area contributed by atoms with Gasteiger partial charge in [0.2, 0.25) is 0 Å². The van der Waals surface area contributed by atoms with Gasteiger partial charge in [-0.15, -0.1) is 0 Å². The van der Waals surface area contributed by atoms with Crippen LogP contribution < -0.4 is 0 Å². The Labute approximate surface area is 325 Å². The second-order valence-electron chi connectivity index (χ2n) is 17.2. The molecule has 4 nitrogen and oxygen atoms in total. The van der Waals surface area contributed by atoms with Gasteiger partial charge in [0, 0.05) is 33.8 Å². The zero-order valence-corrected chi connectivity index (χ0v) is 33.1. The average Bonchev–Trinajstić information content (AvgIpc) is 3.56. The number of aromatic hydroxyl groups is 1. The highest BCUT2D eigenvalue weighted by atomic mass is 16.3. The van der Waals surface area contributed by atoms with E-state index >= 15 is 0 Å². The van der Waals surface area contributed by atoms with Crippen molar-refractivity contribution in [1.82, 2.24) is 14.5 Å². The molecule has 2 heterocycles. The summed E-state index contributed by atoms with van der Waals surface area (Å²) in [5.74, 6) is 1.27. The fourth-order valence-electron chi connectivity index (χ4n) is 7.63. The number of phenols is 1. The first kappa shape index (κ1) is 36.0. The third kappa shape index (κ3) is 6.71. The van der Waals surface area contributed by atoms with Gasteiger partial charge in [-0.3, -0.25) is 9.55 Å². The number of rotatable bonds is 6. The first-order chi connectivity index (χ1) is 26.3. The number of hydrogen-bond donors (Lipinski definition) is 1. The van der Waals surface area contributed by atoms with Crippen LogP contribution in [0.25, 0.3) is 72.4 Å². The van der Waals surface area contributed by atoms with Crippen LogP contribution >= 0.6 is 0 Å². The van der Waals surface area contributed by atoms with E-state index < -0.39 is 0 Å². The van der Waals surface area contributed by atoms with Crippen molar-refractivity contribution >= 4 is 21.8 Å². The van der Waals surface area contributed by atoms with E-state index in [1.165, 1.54) is 10.9 Å². The van der Waals surface area contributed by atoms with Crippen LogP contribution in [0.15, 0.2) is 140 Å². The van der Waals surface area contributed by atoms with Crippen LogP contribution in [0.2, 0.25) is 0 Å². The van der Waals surface area contributed by atoms with Crippen LogP contribution in [-0.4, -0.2) is 19.6 Å². The van der Waals surface area contributed by atoms with Gasteiger partial charge in [0.15, 0.2) is 0 Å². The topological polar surface area (TPSA) is 50.9 Å². The van der Waals surface area contributed by atoms with Crippen LogP contribution in [0.1, 0.15) is 78.0 Å². The second-order valence-corrected chi connectivity index (χ2v) is 17.2. The van der Waals surface area contributed by atoms with Gasteiger partial charge in [0.05, 0.1) is 28.0 Å². The van der Waals surface area contributed by atoms with Gasteiger partial charge < -0.3 is 5.11 Å². The Balaban J connectivity index is 1.45. The maximum Gasteiger partial charge on any atom is 0.149 e. The van der Waals surface area contributed by atoms with E-state index in [2.05, 4.69) is 187 Å². The quantitative estimate of drug-likeness (QED) is 0.186.